The van der Waals surface area contributed by atoms with Crippen LogP contribution >= 0.6 is 0 Å². The van der Waals surface area contributed by atoms with Crippen molar-refractivity contribution in [2.75, 3.05) is 31.1 Å². The van der Waals surface area contributed by atoms with Gasteiger partial charge in [0.25, 0.3) is 5.91 Å². The molecule has 0 bridgehead atoms. The Hall–Kier alpha value is -2.88. The molecule has 1 N–H and O–H groups in total. The lowest BCUT2D eigenvalue weighted by molar-refractivity contribution is -0.0245. The van der Waals surface area contributed by atoms with Gasteiger partial charge in [-0.3, -0.25) is 4.79 Å². The van der Waals surface area contributed by atoms with Crippen molar-refractivity contribution in [3.8, 4) is 11.5 Å². The second-order valence-electron chi connectivity index (χ2n) is 10.6. The molecule has 2 saturated heterocycles. The van der Waals surface area contributed by atoms with Crippen molar-refractivity contribution in [1.29, 1.82) is 0 Å². The third-order valence-electron chi connectivity index (χ3n) is 7.71. The number of alkyl halides is 2. The fraction of sp³-hybridized carbons (Fsp3) is 0.577. The van der Waals surface area contributed by atoms with E-state index in [1.54, 1.807) is 11.1 Å². The number of ether oxygens (including phenoxy) is 1. The molecule has 2 aromatic rings. The number of piperidine rings is 1. The van der Waals surface area contributed by atoms with E-state index in [1.165, 1.54) is 18.5 Å². The van der Waals surface area contributed by atoms with Crippen LogP contribution in [-0.4, -0.2) is 65.5 Å². The predicted octanol–water partition coefficient (Wildman–Crippen LogP) is 4.49. The number of carbonyl (C=O) groups is 1. The van der Waals surface area contributed by atoms with Crippen molar-refractivity contribution in [3.63, 3.8) is 0 Å². The Morgan fingerprint density at radius 1 is 1.19 bits per heavy atom. The van der Waals surface area contributed by atoms with Gasteiger partial charge in [-0.1, -0.05) is 0 Å². The smallest absolute Gasteiger partial charge is 0.254 e. The molecule has 0 atom stereocenters. The van der Waals surface area contributed by atoms with Gasteiger partial charge in [0, 0.05) is 48.1 Å². The number of amides is 1. The molecule has 5 rings (SSSR count). The Kier molecular flexibility index (Phi) is 6.80. The first kappa shape index (κ1) is 24.8. The van der Waals surface area contributed by atoms with E-state index in [0.29, 0.717) is 11.6 Å². The fourth-order valence-corrected chi connectivity index (χ4v) is 5.71. The molecule has 0 radical (unpaired) electrons. The van der Waals surface area contributed by atoms with Gasteiger partial charge in [-0.25, -0.2) is 23.1 Å². The zero-order valence-corrected chi connectivity index (χ0v) is 20.6. The lowest BCUT2D eigenvalue weighted by atomic mass is 9.72. The van der Waals surface area contributed by atoms with Crippen LogP contribution < -0.4 is 15.0 Å². The van der Waals surface area contributed by atoms with Crippen molar-refractivity contribution in [2.45, 2.75) is 58.0 Å². The van der Waals surface area contributed by atoms with Crippen molar-refractivity contribution < 1.29 is 22.7 Å². The summed E-state index contributed by atoms with van der Waals surface area (Å²) in [7, 11) is 0. The molecule has 1 aromatic carbocycles. The van der Waals surface area contributed by atoms with Crippen molar-refractivity contribution in [2.24, 2.45) is 11.3 Å². The minimum atomic E-state index is -2.39. The Morgan fingerprint density at radius 2 is 1.92 bits per heavy atom. The maximum absolute atomic E-state index is 14.6. The summed E-state index contributed by atoms with van der Waals surface area (Å²) in [5.74, 6) is -0.513. The van der Waals surface area contributed by atoms with Gasteiger partial charge >= 0.3 is 0 Å². The van der Waals surface area contributed by atoms with Gasteiger partial charge in [0.15, 0.2) is 11.6 Å². The standard InChI is InChI=1S/C26H32F3N5O2/c1-16(2)34(20-8-17(9-20)23(28)29)25(35)18-7-19(27)11-21(10-18)36-22-12-31-15-32-24(22)33-13-26(14-33)3-5-30-6-4-26/h7,10-12,15-17,20,23,30H,3-6,8-9,13-14H2,1-2H3. The van der Waals surface area contributed by atoms with Crippen LogP contribution in [0, 0.1) is 17.2 Å². The Bertz CT molecular complexity index is 1090. The van der Waals surface area contributed by atoms with E-state index >= 15 is 0 Å². The lowest BCUT2D eigenvalue weighted by Crippen LogP contribution is -2.60. The van der Waals surface area contributed by atoms with Crippen LogP contribution in [0.5, 0.6) is 11.5 Å². The summed E-state index contributed by atoms with van der Waals surface area (Å²) in [4.78, 5) is 25.5. The minimum Gasteiger partial charge on any atom is -0.452 e. The summed E-state index contributed by atoms with van der Waals surface area (Å²) in [6.45, 7) is 7.44. The number of hydrogen-bond donors (Lipinski definition) is 1. The van der Waals surface area contributed by atoms with Gasteiger partial charge in [-0.05, 0) is 64.8 Å². The maximum atomic E-state index is 14.6. The Labute approximate surface area is 209 Å². The molecule has 3 heterocycles. The largest absolute Gasteiger partial charge is 0.452 e. The fourth-order valence-electron chi connectivity index (χ4n) is 5.71. The number of nitrogens with one attached hydrogen (secondary N) is 1. The van der Waals surface area contributed by atoms with Gasteiger partial charge < -0.3 is 19.9 Å². The van der Waals surface area contributed by atoms with Gasteiger partial charge in [0.1, 0.15) is 17.9 Å². The van der Waals surface area contributed by atoms with Crippen molar-refractivity contribution >= 4 is 11.7 Å². The number of rotatable bonds is 7. The van der Waals surface area contributed by atoms with E-state index in [9.17, 15) is 18.0 Å². The molecule has 3 fully saturated rings. The summed E-state index contributed by atoms with van der Waals surface area (Å²) >= 11 is 0. The van der Waals surface area contributed by atoms with Crippen LogP contribution in [0.2, 0.25) is 0 Å². The molecule has 2 aliphatic heterocycles. The highest BCUT2D eigenvalue weighted by atomic mass is 19.3. The molecule has 1 amide bonds. The van der Waals surface area contributed by atoms with E-state index in [1.807, 2.05) is 13.8 Å². The number of halogens is 3. The summed E-state index contributed by atoms with van der Waals surface area (Å²) < 4.78 is 46.6. The monoisotopic (exact) mass is 503 g/mol. The normalized spacial score (nSPS) is 22.9. The molecular formula is C26H32F3N5O2. The zero-order chi connectivity index (χ0) is 25.4. The average molecular weight is 504 g/mol. The van der Waals surface area contributed by atoms with Gasteiger partial charge in [-0.2, -0.15) is 0 Å². The first-order valence-electron chi connectivity index (χ1n) is 12.6. The lowest BCUT2D eigenvalue weighted by Gasteiger charge is -2.53. The van der Waals surface area contributed by atoms with Crippen molar-refractivity contribution in [1.82, 2.24) is 20.2 Å². The topological polar surface area (TPSA) is 70.6 Å². The second kappa shape index (κ2) is 9.88. The van der Waals surface area contributed by atoms with Gasteiger partial charge in [0.2, 0.25) is 6.43 Å². The number of aromatic nitrogens is 2. The summed E-state index contributed by atoms with van der Waals surface area (Å²) in [6.07, 6.45) is 3.34. The van der Waals surface area contributed by atoms with Crippen molar-refractivity contribution in [3.05, 3.63) is 42.1 Å². The average Bonchev–Trinajstić information content (AvgIpc) is 2.79. The van der Waals surface area contributed by atoms with Crippen LogP contribution in [0.1, 0.15) is 49.9 Å². The summed E-state index contributed by atoms with van der Waals surface area (Å²) in [5, 5.41) is 3.39. The summed E-state index contributed by atoms with van der Waals surface area (Å²) in [5.41, 5.74) is 0.409. The van der Waals surface area contributed by atoms with E-state index in [-0.39, 0.29) is 41.7 Å². The van der Waals surface area contributed by atoms with Gasteiger partial charge in [-0.15, -0.1) is 0 Å². The first-order chi connectivity index (χ1) is 17.2. The van der Waals surface area contributed by atoms with E-state index in [0.717, 1.165) is 45.1 Å². The number of anilines is 1. The van der Waals surface area contributed by atoms with E-state index < -0.39 is 24.1 Å². The predicted molar refractivity (Wildman–Crippen MR) is 129 cm³/mol. The molecule has 1 spiro atoms. The van der Waals surface area contributed by atoms with Gasteiger partial charge in [0.05, 0.1) is 6.20 Å². The molecule has 3 aliphatic rings. The second-order valence-corrected chi connectivity index (χ2v) is 10.6. The quantitative estimate of drug-likeness (QED) is 0.601. The minimum absolute atomic E-state index is 0.121. The zero-order valence-electron chi connectivity index (χ0n) is 20.6. The number of benzene rings is 1. The molecule has 7 nitrogen and oxygen atoms in total. The van der Waals surface area contributed by atoms with Crippen LogP contribution in [0.25, 0.3) is 0 Å². The summed E-state index contributed by atoms with van der Waals surface area (Å²) in [6, 6.07) is 3.37. The highest BCUT2D eigenvalue weighted by Gasteiger charge is 2.45. The van der Waals surface area contributed by atoms with Crippen LogP contribution in [0.4, 0.5) is 19.0 Å². The Morgan fingerprint density at radius 3 is 2.58 bits per heavy atom. The number of hydrogen-bond acceptors (Lipinski definition) is 6. The number of carbonyl (C=O) groups excluding carboxylic acids is 1. The molecule has 1 saturated carbocycles. The SMILES string of the molecule is CC(C)N(C(=O)c1cc(F)cc(Oc2cncnc2N2CC3(CCNCC3)C2)c1)C1CC(C(F)F)C1. The third kappa shape index (κ3) is 4.87. The van der Waals surface area contributed by atoms with E-state index in [2.05, 4.69) is 20.2 Å². The number of nitrogens with zero attached hydrogens (tertiary/aromatic N) is 4. The molecule has 194 valence electrons. The first-order valence-corrected chi connectivity index (χ1v) is 12.6. The molecule has 1 aliphatic carbocycles. The highest BCUT2D eigenvalue weighted by Crippen LogP contribution is 2.43. The van der Waals surface area contributed by atoms with Crippen LogP contribution in [-0.2, 0) is 0 Å². The third-order valence-corrected chi connectivity index (χ3v) is 7.71. The Balaban J connectivity index is 1.33. The molecule has 1 aromatic heterocycles. The molecule has 0 unspecified atom stereocenters. The molecular weight excluding hydrogens is 471 g/mol. The maximum Gasteiger partial charge on any atom is 0.254 e. The van der Waals surface area contributed by atoms with E-state index in [4.69, 9.17) is 4.74 Å². The van der Waals surface area contributed by atoms with Crippen LogP contribution in [0.3, 0.4) is 0 Å². The molecule has 10 heteroatoms. The van der Waals surface area contributed by atoms with Crippen LogP contribution in [0.15, 0.2) is 30.7 Å². The highest BCUT2D eigenvalue weighted by molar-refractivity contribution is 5.95. The molecule has 36 heavy (non-hydrogen) atoms.